The molecule has 0 bridgehead atoms. The van der Waals surface area contributed by atoms with Crippen molar-refractivity contribution in [3.05, 3.63) is 155 Å². The zero-order valence-corrected chi connectivity index (χ0v) is 25.2. The average Bonchev–Trinajstić information content (AvgIpc) is 3.24. The van der Waals surface area contributed by atoms with Crippen LogP contribution in [0.1, 0.15) is 62.3 Å². The van der Waals surface area contributed by atoms with Gasteiger partial charge in [0.2, 0.25) is 0 Å². The van der Waals surface area contributed by atoms with E-state index in [0.29, 0.717) is 0 Å². The second-order valence-electron chi connectivity index (χ2n) is 12.9. The molecular formula is C41H39N. The van der Waals surface area contributed by atoms with E-state index in [0.717, 1.165) is 30.6 Å². The number of para-hydroxylation sites is 1. The van der Waals surface area contributed by atoms with Crippen molar-refractivity contribution in [1.82, 2.24) is 0 Å². The molecule has 0 radical (unpaired) electrons. The molecule has 42 heavy (non-hydrogen) atoms. The maximum atomic E-state index is 2.41. The Morgan fingerprint density at radius 1 is 0.643 bits per heavy atom. The van der Waals surface area contributed by atoms with Gasteiger partial charge in [-0.05, 0) is 102 Å². The lowest BCUT2D eigenvalue weighted by Crippen LogP contribution is -2.17. The molecule has 7 rings (SSSR count). The van der Waals surface area contributed by atoms with Gasteiger partial charge in [0.25, 0.3) is 0 Å². The highest BCUT2D eigenvalue weighted by Crippen LogP contribution is 2.51. The van der Waals surface area contributed by atoms with E-state index < -0.39 is 0 Å². The summed E-state index contributed by atoms with van der Waals surface area (Å²) < 4.78 is 0. The van der Waals surface area contributed by atoms with E-state index in [1.165, 1.54) is 50.2 Å². The van der Waals surface area contributed by atoms with Crippen LogP contribution in [0.2, 0.25) is 0 Å². The van der Waals surface area contributed by atoms with Gasteiger partial charge in [-0.15, -0.1) is 0 Å². The summed E-state index contributed by atoms with van der Waals surface area (Å²) in [6, 6.07) is 33.7. The number of nitrogens with zero attached hydrogens (tertiary/aromatic N) is 1. The first kappa shape index (κ1) is 26.5. The molecule has 0 aliphatic heterocycles. The van der Waals surface area contributed by atoms with Gasteiger partial charge in [0.05, 0.1) is 0 Å². The molecule has 3 aliphatic carbocycles. The third kappa shape index (κ3) is 4.49. The zero-order valence-electron chi connectivity index (χ0n) is 25.2. The van der Waals surface area contributed by atoms with Crippen molar-refractivity contribution in [2.75, 3.05) is 4.90 Å². The fraction of sp³-hybridized carbons (Fsp3) is 0.220. The van der Waals surface area contributed by atoms with Gasteiger partial charge in [-0.25, -0.2) is 0 Å². The standard InChI is InChI=1S/C41H39N/c1-29-15-21-36-37-22-20-35(28-39(37)40(2,3)38(36)27-29)42(33-13-9-6-10-14-33)34-18-16-30(17-19-34)31-23-25-41(4,26-24-31)32-11-7-5-8-12-32/h6-7,9-25,27-28H,5,8,26H2,1-4H3. The van der Waals surface area contributed by atoms with Crippen LogP contribution in [-0.2, 0) is 5.41 Å². The van der Waals surface area contributed by atoms with Crippen LogP contribution in [-0.4, -0.2) is 0 Å². The topological polar surface area (TPSA) is 3.24 Å². The van der Waals surface area contributed by atoms with E-state index >= 15 is 0 Å². The van der Waals surface area contributed by atoms with E-state index in [1.54, 1.807) is 0 Å². The first-order valence-corrected chi connectivity index (χ1v) is 15.3. The minimum absolute atomic E-state index is 0.0450. The Labute approximate surface area is 251 Å². The van der Waals surface area contributed by atoms with E-state index in [1.807, 2.05) is 0 Å². The number of fused-ring (bicyclic) bond motifs is 3. The Balaban J connectivity index is 1.22. The van der Waals surface area contributed by atoms with Crippen molar-refractivity contribution in [3.63, 3.8) is 0 Å². The second-order valence-corrected chi connectivity index (χ2v) is 12.9. The van der Waals surface area contributed by atoms with Gasteiger partial charge in [0.15, 0.2) is 0 Å². The van der Waals surface area contributed by atoms with Gasteiger partial charge in [0, 0.05) is 27.9 Å². The normalized spacial score (nSPS) is 20.0. The maximum absolute atomic E-state index is 2.41. The van der Waals surface area contributed by atoms with Crippen LogP contribution in [0.5, 0.6) is 0 Å². The molecule has 4 aromatic rings. The lowest BCUT2D eigenvalue weighted by molar-refractivity contribution is 0.527. The number of anilines is 3. The highest BCUT2D eigenvalue weighted by Gasteiger charge is 2.36. The Morgan fingerprint density at radius 2 is 1.33 bits per heavy atom. The number of benzene rings is 4. The van der Waals surface area contributed by atoms with Crippen LogP contribution in [0.25, 0.3) is 16.7 Å². The molecule has 1 nitrogen and oxygen atoms in total. The fourth-order valence-corrected chi connectivity index (χ4v) is 7.00. The number of allylic oxidation sites excluding steroid dienone is 8. The molecule has 3 aliphatic rings. The van der Waals surface area contributed by atoms with E-state index in [4.69, 9.17) is 0 Å². The monoisotopic (exact) mass is 545 g/mol. The summed E-state index contributed by atoms with van der Waals surface area (Å²) in [5.41, 5.74) is 14.4. The zero-order chi connectivity index (χ0) is 28.9. The molecule has 1 atom stereocenters. The molecule has 1 heteroatoms. The van der Waals surface area contributed by atoms with E-state index in [9.17, 15) is 0 Å². The van der Waals surface area contributed by atoms with Crippen LogP contribution in [0.3, 0.4) is 0 Å². The summed E-state index contributed by atoms with van der Waals surface area (Å²) >= 11 is 0. The summed E-state index contributed by atoms with van der Waals surface area (Å²) in [4.78, 5) is 2.39. The Hall–Kier alpha value is -4.36. The SMILES string of the molecule is Cc1ccc2c(c1)C(C)(C)c1cc(N(c3ccccc3)c3ccc(C4=CCC(C)(C5=CCCC=C5)C=C4)cc3)ccc1-2. The van der Waals surface area contributed by atoms with Crippen molar-refractivity contribution in [2.24, 2.45) is 5.41 Å². The Kier molecular flexibility index (Phi) is 6.43. The predicted octanol–water partition coefficient (Wildman–Crippen LogP) is 11.4. The average molecular weight is 546 g/mol. The van der Waals surface area contributed by atoms with Gasteiger partial charge in [-0.1, -0.05) is 117 Å². The third-order valence-electron chi connectivity index (χ3n) is 9.58. The summed E-state index contributed by atoms with van der Waals surface area (Å²) in [5, 5.41) is 0. The van der Waals surface area contributed by atoms with Crippen molar-refractivity contribution < 1.29 is 0 Å². The molecule has 0 amide bonds. The summed E-state index contributed by atoms with van der Waals surface area (Å²) in [6.07, 6.45) is 17.5. The van der Waals surface area contributed by atoms with Gasteiger partial charge < -0.3 is 4.90 Å². The molecule has 208 valence electrons. The quantitative estimate of drug-likeness (QED) is 0.241. The molecule has 0 fully saturated rings. The number of hydrogen-bond acceptors (Lipinski definition) is 1. The minimum atomic E-state index is -0.0450. The predicted molar refractivity (Wildman–Crippen MR) is 180 cm³/mol. The molecular weight excluding hydrogens is 506 g/mol. The molecule has 0 N–H and O–H groups in total. The van der Waals surface area contributed by atoms with Crippen LogP contribution in [0, 0.1) is 12.3 Å². The van der Waals surface area contributed by atoms with Gasteiger partial charge in [0.1, 0.15) is 0 Å². The second kappa shape index (κ2) is 10.2. The first-order valence-electron chi connectivity index (χ1n) is 15.3. The highest BCUT2D eigenvalue weighted by molar-refractivity contribution is 5.86. The fourth-order valence-electron chi connectivity index (χ4n) is 7.00. The van der Waals surface area contributed by atoms with Crippen molar-refractivity contribution in [1.29, 1.82) is 0 Å². The van der Waals surface area contributed by atoms with Crippen LogP contribution in [0.4, 0.5) is 17.1 Å². The van der Waals surface area contributed by atoms with Crippen LogP contribution >= 0.6 is 0 Å². The van der Waals surface area contributed by atoms with Crippen molar-refractivity contribution in [3.8, 4) is 11.1 Å². The lowest BCUT2D eigenvalue weighted by Gasteiger charge is -2.31. The number of hydrogen-bond donors (Lipinski definition) is 0. The van der Waals surface area contributed by atoms with Gasteiger partial charge in [-0.3, -0.25) is 0 Å². The van der Waals surface area contributed by atoms with Crippen molar-refractivity contribution >= 4 is 22.6 Å². The molecule has 1 unspecified atom stereocenters. The Bertz CT molecular complexity index is 1780. The van der Waals surface area contributed by atoms with Gasteiger partial charge >= 0.3 is 0 Å². The summed E-state index contributed by atoms with van der Waals surface area (Å²) in [6.45, 7) is 9.27. The van der Waals surface area contributed by atoms with E-state index in [-0.39, 0.29) is 10.8 Å². The maximum Gasteiger partial charge on any atom is 0.0465 e. The summed E-state index contributed by atoms with van der Waals surface area (Å²) in [5.74, 6) is 0. The number of rotatable bonds is 5. The third-order valence-corrected chi connectivity index (χ3v) is 9.58. The molecule has 0 spiro atoms. The summed E-state index contributed by atoms with van der Waals surface area (Å²) in [7, 11) is 0. The van der Waals surface area contributed by atoms with E-state index in [2.05, 4.69) is 160 Å². The van der Waals surface area contributed by atoms with Gasteiger partial charge in [-0.2, -0.15) is 0 Å². The largest absolute Gasteiger partial charge is 0.310 e. The molecule has 0 heterocycles. The minimum Gasteiger partial charge on any atom is -0.310 e. The Morgan fingerprint density at radius 3 is 2.02 bits per heavy atom. The van der Waals surface area contributed by atoms with Crippen molar-refractivity contribution in [2.45, 2.75) is 52.4 Å². The molecule has 0 aromatic heterocycles. The first-order chi connectivity index (χ1) is 20.3. The number of aryl methyl sites for hydroxylation is 1. The highest BCUT2D eigenvalue weighted by atomic mass is 15.1. The van der Waals surface area contributed by atoms with Crippen LogP contribution in [0.15, 0.2) is 133 Å². The van der Waals surface area contributed by atoms with Crippen LogP contribution < -0.4 is 4.90 Å². The smallest absolute Gasteiger partial charge is 0.0465 e. The molecule has 0 saturated heterocycles. The molecule has 4 aromatic carbocycles. The molecule has 0 saturated carbocycles. The lowest BCUT2D eigenvalue weighted by atomic mass is 9.73.